The van der Waals surface area contributed by atoms with Gasteiger partial charge >= 0.3 is 11.8 Å². The van der Waals surface area contributed by atoms with Crippen LogP contribution in [-0.4, -0.2) is 118 Å². The molecule has 16 nitrogen and oxygen atoms in total. The molecule has 16 heteroatoms. The number of carbonyl (C=O) groups excluding carboxylic acids is 4. The molecule has 3 aliphatic rings. The number of amides is 2. The van der Waals surface area contributed by atoms with Gasteiger partial charge in [0.25, 0.3) is 17.6 Å². The number of rotatable bonds is 12. The number of esters is 1. The molecule has 354 valence electrons. The van der Waals surface area contributed by atoms with Crippen LogP contribution in [0.5, 0.6) is 23.0 Å². The van der Waals surface area contributed by atoms with Crippen molar-refractivity contribution in [2.24, 2.45) is 23.7 Å². The van der Waals surface area contributed by atoms with E-state index in [-0.39, 0.29) is 44.7 Å². The van der Waals surface area contributed by atoms with Crippen LogP contribution in [0.1, 0.15) is 104 Å². The largest absolute Gasteiger partial charge is 0.507 e. The van der Waals surface area contributed by atoms with E-state index in [4.69, 9.17) is 23.7 Å². The molecule has 0 spiro atoms. The molecule has 2 aromatic carbocycles. The molecule has 3 heterocycles. The van der Waals surface area contributed by atoms with Crippen LogP contribution in [0.25, 0.3) is 10.8 Å². The minimum absolute atomic E-state index is 0.0586. The number of hydrogen-bond acceptors (Lipinski definition) is 14. The zero-order chi connectivity index (χ0) is 47.8. The lowest BCUT2D eigenvalue weighted by atomic mass is 9.78. The number of phenols is 2. The van der Waals surface area contributed by atoms with Crippen LogP contribution in [0, 0.1) is 30.6 Å². The number of benzene rings is 2. The summed E-state index contributed by atoms with van der Waals surface area (Å²) in [4.78, 5) is 54.5. The summed E-state index contributed by atoms with van der Waals surface area (Å²) in [7, 11) is 3.10. The average molecular weight is 896 g/mol. The van der Waals surface area contributed by atoms with E-state index in [2.05, 4.69) is 19.2 Å². The van der Waals surface area contributed by atoms with Gasteiger partial charge in [0.2, 0.25) is 0 Å². The van der Waals surface area contributed by atoms with Crippen LogP contribution in [0.2, 0.25) is 0 Å². The van der Waals surface area contributed by atoms with Crippen molar-refractivity contribution in [2.45, 2.75) is 125 Å². The number of nitrogens with zero attached hydrogens (tertiary/aromatic N) is 2. The Morgan fingerprint density at radius 2 is 1.56 bits per heavy atom. The number of allylic oxidation sites excluding steroid dienone is 2. The Balaban J connectivity index is 1.91. The van der Waals surface area contributed by atoms with Gasteiger partial charge in [0.05, 0.1) is 41.2 Å². The molecule has 2 amide bonds. The SMILES string of the molecule is CCCCN(CCCC)N(C)C(=O)COc1cc2c(O)c3c(O)c(C)c4c(c13)C(=O)C(C)(O/C=C/C(OC)C(C)C(OC(C)=O)C(C)C(O)C(C)C(O)C(C)/C=C/C=C(C)C(=O)N2)O4. The van der Waals surface area contributed by atoms with Crippen LogP contribution in [0.15, 0.2) is 42.2 Å². The first-order chi connectivity index (χ1) is 30.1. The summed E-state index contributed by atoms with van der Waals surface area (Å²) in [6.45, 7) is 17.5. The van der Waals surface area contributed by atoms with E-state index >= 15 is 0 Å². The highest BCUT2D eigenvalue weighted by atomic mass is 16.7. The molecule has 5 N–H and O–H groups in total. The monoisotopic (exact) mass is 895 g/mol. The molecule has 0 radical (unpaired) electrons. The molecule has 0 aliphatic carbocycles. The third-order valence-corrected chi connectivity index (χ3v) is 12.5. The number of hydrogen-bond donors (Lipinski definition) is 5. The highest BCUT2D eigenvalue weighted by molar-refractivity contribution is 6.21. The third-order valence-electron chi connectivity index (χ3n) is 12.5. The van der Waals surface area contributed by atoms with Crippen molar-refractivity contribution in [3.63, 3.8) is 0 Å². The van der Waals surface area contributed by atoms with Gasteiger partial charge in [-0.25, -0.2) is 5.01 Å². The number of fused-ring (bicyclic) bond motifs is 14. The van der Waals surface area contributed by atoms with Crippen molar-refractivity contribution in [2.75, 3.05) is 39.2 Å². The Hall–Kier alpha value is -5.16. The predicted molar refractivity (Wildman–Crippen MR) is 242 cm³/mol. The Labute approximate surface area is 376 Å². The van der Waals surface area contributed by atoms with Crippen molar-refractivity contribution >= 4 is 40.0 Å². The number of ether oxygens (including phenoxy) is 5. The van der Waals surface area contributed by atoms with Crippen LogP contribution in [0.4, 0.5) is 5.69 Å². The quantitative estimate of drug-likeness (QED) is 0.0852. The first-order valence-corrected chi connectivity index (χ1v) is 22.2. The minimum Gasteiger partial charge on any atom is -0.507 e. The summed E-state index contributed by atoms with van der Waals surface area (Å²) in [5.41, 5.74) is -0.0137. The minimum atomic E-state index is -2.04. The summed E-state index contributed by atoms with van der Waals surface area (Å²) in [6.07, 6.45) is 7.20. The second-order valence-corrected chi connectivity index (χ2v) is 17.3. The topological polar surface area (TPSA) is 214 Å². The number of nitrogens with one attached hydrogen (secondary N) is 1. The lowest BCUT2D eigenvalue weighted by Crippen LogP contribution is -2.46. The number of aliphatic hydroxyl groups excluding tert-OH is 2. The summed E-state index contributed by atoms with van der Waals surface area (Å²) in [5, 5.41) is 52.3. The molecule has 5 bridgehead atoms. The molecule has 0 aromatic heterocycles. The maximum absolute atomic E-state index is 14.6. The number of hydrazine groups is 1. The first kappa shape index (κ1) is 51.5. The smallest absolute Gasteiger partial charge is 0.312 e. The Bertz CT molecular complexity index is 2110. The van der Waals surface area contributed by atoms with E-state index in [9.17, 15) is 39.6 Å². The van der Waals surface area contributed by atoms with Crippen LogP contribution < -0.4 is 14.8 Å². The fourth-order valence-corrected chi connectivity index (χ4v) is 8.23. The van der Waals surface area contributed by atoms with Gasteiger partial charge in [-0.15, -0.1) is 0 Å². The number of Topliss-reactive ketones (excluding diaryl/α,β-unsaturated/α-hetero) is 1. The maximum Gasteiger partial charge on any atom is 0.312 e. The summed E-state index contributed by atoms with van der Waals surface area (Å²) in [6, 6.07) is 1.28. The van der Waals surface area contributed by atoms with Crippen molar-refractivity contribution in [1.29, 1.82) is 0 Å². The molecule has 0 saturated carbocycles. The normalized spacial score (nSPS) is 27.7. The fraction of sp³-hybridized carbons (Fsp3) is 0.583. The van der Waals surface area contributed by atoms with E-state index < -0.39 is 95.5 Å². The zero-order valence-corrected chi connectivity index (χ0v) is 39.4. The second kappa shape index (κ2) is 22.2. The number of unbranched alkanes of at least 4 members (excludes halogenated alkanes) is 2. The number of ketones is 1. The second-order valence-electron chi connectivity index (χ2n) is 17.3. The van der Waals surface area contributed by atoms with Crippen LogP contribution in [0.3, 0.4) is 0 Å². The number of carbonyl (C=O) groups is 4. The number of aromatic hydroxyl groups is 2. The van der Waals surface area contributed by atoms with Crippen molar-refractivity contribution in [1.82, 2.24) is 10.0 Å². The first-order valence-electron chi connectivity index (χ1n) is 22.2. The van der Waals surface area contributed by atoms with Crippen LogP contribution >= 0.6 is 0 Å². The van der Waals surface area contributed by atoms with E-state index in [1.54, 1.807) is 46.9 Å². The summed E-state index contributed by atoms with van der Waals surface area (Å²) in [5.74, 6) is -8.10. The lowest BCUT2D eigenvalue weighted by Gasteiger charge is -2.38. The molecule has 9 unspecified atom stereocenters. The molecule has 3 aliphatic heterocycles. The highest BCUT2D eigenvalue weighted by Crippen LogP contribution is 2.54. The van der Waals surface area contributed by atoms with Gasteiger partial charge in [-0.2, -0.15) is 0 Å². The van der Waals surface area contributed by atoms with Crippen molar-refractivity contribution in [3.05, 3.63) is 53.3 Å². The number of methoxy groups -OCH3 is 1. The number of aliphatic hydroxyl groups is 2. The molecule has 0 saturated heterocycles. The number of anilines is 1. The molecular weight excluding hydrogens is 827 g/mol. The van der Waals surface area contributed by atoms with Gasteiger partial charge in [0, 0.05) is 87.4 Å². The Morgan fingerprint density at radius 1 is 0.922 bits per heavy atom. The maximum atomic E-state index is 14.6. The standard InChI is InChI=1S/C48H69N3O13/c1-13-15-21-51(22-16-14-2)50(11)36(53)25-61-35-24-33-43(57)38-37(35)39-45(31(8)42(38)56)64-48(10,46(39)58)62-23-20-34(60-12)28(5)44(63-32(9)52)30(7)41(55)29(6)40(54)26(3)18-17-19-27(4)47(59)49-33/h17-20,23-24,26,28-30,34,40-41,44,54-57H,13-16,21-22,25H2,1-12H3,(H,49,59)/b18-17+,23-20+,27-19?. The van der Waals surface area contributed by atoms with Gasteiger partial charge in [0.1, 0.15) is 23.4 Å². The van der Waals surface area contributed by atoms with Crippen LogP contribution in [-0.2, 0) is 28.6 Å². The predicted octanol–water partition coefficient (Wildman–Crippen LogP) is 6.70. The lowest BCUT2D eigenvalue weighted by molar-refractivity contribution is -0.160. The van der Waals surface area contributed by atoms with E-state index in [0.29, 0.717) is 13.1 Å². The Kier molecular flexibility index (Phi) is 17.8. The molecule has 0 fully saturated rings. The molecule has 2 aromatic rings. The third kappa shape index (κ3) is 11.2. The zero-order valence-electron chi connectivity index (χ0n) is 39.4. The fourth-order valence-electron chi connectivity index (χ4n) is 8.23. The van der Waals surface area contributed by atoms with Crippen molar-refractivity contribution in [3.8, 4) is 23.0 Å². The molecular formula is C48H69N3O13. The van der Waals surface area contributed by atoms with Gasteiger partial charge in [-0.05, 0) is 32.8 Å². The highest BCUT2D eigenvalue weighted by Gasteiger charge is 2.50. The number of phenolic OH excluding ortho intramolecular Hbond substituents is 2. The molecule has 5 rings (SSSR count). The average Bonchev–Trinajstić information content (AvgIpc) is 3.53. The van der Waals surface area contributed by atoms with Gasteiger partial charge in [-0.3, -0.25) is 24.2 Å². The molecule has 9 atom stereocenters. The molecule has 64 heavy (non-hydrogen) atoms. The van der Waals surface area contributed by atoms with Crippen molar-refractivity contribution < 1.29 is 63.3 Å². The van der Waals surface area contributed by atoms with E-state index in [0.717, 1.165) is 25.7 Å². The number of likely N-dealkylation sites (N-methyl/N-ethyl adjacent to an activating group) is 1. The van der Waals surface area contributed by atoms with E-state index in [1.807, 2.05) is 5.01 Å². The Morgan fingerprint density at radius 3 is 2.16 bits per heavy atom. The van der Waals surface area contributed by atoms with Gasteiger partial charge < -0.3 is 49.4 Å². The summed E-state index contributed by atoms with van der Waals surface area (Å²) >= 11 is 0. The summed E-state index contributed by atoms with van der Waals surface area (Å²) < 4.78 is 30.0. The van der Waals surface area contributed by atoms with E-state index in [1.165, 1.54) is 64.3 Å². The van der Waals surface area contributed by atoms with Gasteiger partial charge in [0.15, 0.2) is 12.4 Å². The van der Waals surface area contributed by atoms with Gasteiger partial charge in [-0.1, -0.05) is 72.6 Å².